The fourth-order valence-electron chi connectivity index (χ4n) is 4.84. The standard InChI is InChI=1S/C18H22N2O/c19-11-18(10-12-6-7-14(18)9-12)17(21)15-5-1-3-13-4-2-8-20-16(13)15/h1-5,8,12,14,17,21H,6-7,9-11,19H2. The second-order valence-electron chi connectivity index (χ2n) is 6.84. The van der Waals surface area contributed by atoms with Gasteiger partial charge in [0.2, 0.25) is 0 Å². The van der Waals surface area contributed by atoms with Crippen molar-refractivity contribution in [3.63, 3.8) is 0 Å². The van der Waals surface area contributed by atoms with E-state index in [0.717, 1.165) is 28.8 Å². The molecule has 3 N–H and O–H groups in total. The van der Waals surface area contributed by atoms with Crippen molar-refractivity contribution in [3.8, 4) is 0 Å². The molecule has 4 unspecified atom stereocenters. The molecule has 0 aliphatic heterocycles. The van der Waals surface area contributed by atoms with E-state index >= 15 is 0 Å². The molecule has 1 aromatic carbocycles. The zero-order valence-electron chi connectivity index (χ0n) is 12.2. The number of aromatic nitrogens is 1. The van der Waals surface area contributed by atoms with Gasteiger partial charge in [-0.1, -0.05) is 30.7 Å². The zero-order chi connectivity index (χ0) is 14.4. The molecular weight excluding hydrogens is 260 g/mol. The fraction of sp³-hybridized carbons (Fsp3) is 0.500. The van der Waals surface area contributed by atoms with Gasteiger partial charge in [-0.3, -0.25) is 4.98 Å². The van der Waals surface area contributed by atoms with Crippen LogP contribution in [0.25, 0.3) is 10.9 Å². The molecule has 110 valence electrons. The van der Waals surface area contributed by atoms with Crippen LogP contribution in [0.4, 0.5) is 0 Å². The Bertz CT molecular complexity index is 666. The van der Waals surface area contributed by atoms with Crippen molar-refractivity contribution < 1.29 is 5.11 Å². The summed E-state index contributed by atoms with van der Waals surface area (Å²) < 4.78 is 0. The number of para-hydroxylation sites is 1. The lowest BCUT2D eigenvalue weighted by molar-refractivity contribution is -0.0122. The van der Waals surface area contributed by atoms with E-state index < -0.39 is 6.10 Å². The van der Waals surface area contributed by atoms with Gasteiger partial charge in [0.25, 0.3) is 0 Å². The van der Waals surface area contributed by atoms with Gasteiger partial charge < -0.3 is 10.8 Å². The van der Waals surface area contributed by atoms with Crippen molar-refractivity contribution in [2.45, 2.75) is 31.8 Å². The summed E-state index contributed by atoms with van der Waals surface area (Å²) >= 11 is 0. The molecular formula is C18H22N2O. The largest absolute Gasteiger partial charge is 0.388 e. The van der Waals surface area contributed by atoms with Crippen molar-refractivity contribution in [3.05, 3.63) is 42.1 Å². The first-order valence-electron chi connectivity index (χ1n) is 7.96. The van der Waals surface area contributed by atoms with E-state index in [2.05, 4.69) is 17.1 Å². The highest BCUT2D eigenvalue weighted by Crippen LogP contribution is 2.60. The van der Waals surface area contributed by atoms with Crippen LogP contribution in [0.2, 0.25) is 0 Å². The monoisotopic (exact) mass is 282 g/mol. The maximum Gasteiger partial charge on any atom is 0.0882 e. The molecule has 4 rings (SSSR count). The Morgan fingerprint density at radius 1 is 1.29 bits per heavy atom. The number of nitrogens with two attached hydrogens (primary N) is 1. The van der Waals surface area contributed by atoms with E-state index in [0.29, 0.717) is 12.5 Å². The minimum atomic E-state index is -0.503. The van der Waals surface area contributed by atoms with E-state index in [1.54, 1.807) is 6.20 Å². The summed E-state index contributed by atoms with van der Waals surface area (Å²) in [5, 5.41) is 12.3. The molecule has 2 aliphatic rings. The molecule has 3 nitrogen and oxygen atoms in total. The van der Waals surface area contributed by atoms with Gasteiger partial charge >= 0.3 is 0 Å². The summed E-state index contributed by atoms with van der Waals surface area (Å²) in [5.74, 6) is 1.33. The zero-order valence-corrected chi connectivity index (χ0v) is 12.2. The van der Waals surface area contributed by atoms with Gasteiger partial charge in [0, 0.05) is 29.1 Å². The quantitative estimate of drug-likeness (QED) is 0.909. The van der Waals surface area contributed by atoms with E-state index in [4.69, 9.17) is 5.73 Å². The van der Waals surface area contributed by atoms with Crippen molar-refractivity contribution in [1.82, 2.24) is 4.98 Å². The van der Waals surface area contributed by atoms with Crippen molar-refractivity contribution >= 4 is 10.9 Å². The highest BCUT2D eigenvalue weighted by Gasteiger charge is 2.54. The van der Waals surface area contributed by atoms with E-state index in [-0.39, 0.29) is 5.41 Å². The minimum Gasteiger partial charge on any atom is -0.388 e. The summed E-state index contributed by atoms with van der Waals surface area (Å²) in [6, 6.07) is 10.1. The molecule has 2 fully saturated rings. The number of nitrogens with zero attached hydrogens (tertiary/aromatic N) is 1. The van der Waals surface area contributed by atoms with Crippen LogP contribution in [-0.4, -0.2) is 16.6 Å². The molecule has 3 heteroatoms. The van der Waals surface area contributed by atoms with Gasteiger partial charge in [-0.2, -0.15) is 0 Å². The number of aliphatic hydroxyl groups excluding tert-OH is 1. The lowest BCUT2D eigenvalue weighted by Crippen LogP contribution is -2.41. The van der Waals surface area contributed by atoms with Crippen molar-refractivity contribution in [1.29, 1.82) is 0 Å². The molecule has 4 atom stereocenters. The number of pyridine rings is 1. The molecule has 0 radical (unpaired) electrons. The summed E-state index contributed by atoms with van der Waals surface area (Å²) in [6.07, 6.45) is 6.14. The normalized spacial score (nSPS) is 32.7. The maximum atomic E-state index is 11.2. The van der Waals surface area contributed by atoms with Gasteiger partial charge in [-0.05, 0) is 37.2 Å². The number of aliphatic hydroxyl groups is 1. The summed E-state index contributed by atoms with van der Waals surface area (Å²) in [5.41, 5.74) is 7.88. The van der Waals surface area contributed by atoms with Gasteiger partial charge in [-0.15, -0.1) is 0 Å². The molecule has 2 bridgehead atoms. The molecule has 21 heavy (non-hydrogen) atoms. The molecule has 1 aromatic heterocycles. The average molecular weight is 282 g/mol. The van der Waals surface area contributed by atoms with Crippen LogP contribution in [0, 0.1) is 17.3 Å². The van der Waals surface area contributed by atoms with Gasteiger partial charge in [0.05, 0.1) is 11.6 Å². The van der Waals surface area contributed by atoms with Crippen molar-refractivity contribution in [2.24, 2.45) is 23.0 Å². The molecule has 0 amide bonds. The number of rotatable bonds is 3. The Kier molecular flexibility index (Phi) is 3.02. The predicted octanol–water partition coefficient (Wildman–Crippen LogP) is 3.03. The Balaban J connectivity index is 1.81. The average Bonchev–Trinajstić information content (AvgIpc) is 3.15. The minimum absolute atomic E-state index is 0.144. The maximum absolute atomic E-state index is 11.2. The van der Waals surface area contributed by atoms with E-state index in [1.165, 1.54) is 19.3 Å². The van der Waals surface area contributed by atoms with Crippen molar-refractivity contribution in [2.75, 3.05) is 6.54 Å². The highest BCUT2D eigenvalue weighted by atomic mass is 16.3. The van der Waals surface area contributed by atoms with Gasteiger partial charge in [-0.25, -0.2) is 0 Å². The first kappa shape index (κ1) is 13.2. The Hall–Kier alpha value is -1.45. The van der Waals surface area contributed by atoms with Crippen LogP contribution in [0.3, 0.4) is 0 Å². The third-order valence-corrected chi connectivity index (χ3v) is 5.91. The molecule has 1 heterocycles. The predicted molar refractivity (Wildman–Crippen MR) is 83.6 cm³/mol. The third kappa shape index (κ3) is 1.84. The Morgan fingerprint density at radius 3 is 2.86 bits per heavy atom. The smallest absolute Gasteiger partial charge is 0.0882 e. The van der Waals surface area contributed by atoms with Crippen LogP contribution in [0.5, 0.6) is 0 Å². The lowest BCUT2D eigenvalue weighted by Gasteiger charge is -2.41. The van der Waals surface area contributed by atoms with Crippen LogP contribution in [-0.2, 0) is 0 Å². The number of hydrogen-bond acceptors (Lipinski definition) is 3. The van der Waals surface area contributed by atoms with Crippen LogP contribution >= 0.6 is 0 Å². The number of benzene rings is 1. The summed E-state index contributed by atoms with van der Waals surface area (Å²) in [6.45, 7) is 0.568. The first-order chi connectivity index (χ1) is 10.2. The van der Waals surface area contributed by atoms with Gasteiger partial charge in [0.15, 0.2) is 0 Å². The highest BCUT2D eigenvalue weighted by molar-refractivity contribution is 5.82. The molecule has 2 saturated carbocycles. The van der Waals surface area contributed by atoms with E-state index in [9.17, 15) is 5.11 Å². The van der Waals surface area contributed by atoms with E-state index in [1.807, 2.05) is 18.2 Å². The summed E-state index contributed by atoms with van der Waals surface area (Å²) in [4.78, 5) is 4.50. The number of hydrogen-bond donors (Lipinski definition) is 2. The molecule has 2 aliphatic carbocycles. The third-order valence-electron chi connectivity index (χ3n) is 5.91. The molecule has 0 spiro atoms. The summed E-state index contributed by atoms with van der Waals surface area (Å²) in [7, 11) is 0. The molecule has 0 saturated heterocycles. The van der Waals surface area contributed by atoms with Crippen LogP contribution in [0.1, 0.15) is 37.4 Å². The Morgan fingerprint density at radius 2 is 2.14 bits per heavy atom. The molecule has 2 aromatic rings. The second-order valence-corrected chi connectivity index (χ2v) is 6.84. The second kappa shape index (κ2) is 4.79. The van der Waals surface area contributed by atoms with Crippen LogP contribution < -0.4 is 5.73 Å². The SMILES string of the molecule is NCC1(C(O)c2cccc3cccnc23)CC2CCC1C2. The van der Waals surface area contributed by atoms with Crippen LogP contribution in [0.15, 0.2) is 36.5 Å². The Labute approximate surface area is 125 Å². The fourth-order valence-corrected chi connectivity index (χ4v) is 4.84. The first-order valence-corrected chi connectivity index (χ1v) is 7.96. The lowest BCUT2D eigenvalue weighted by atomic mass is 9.67. The van der Waals surface area contributed by atoms with Gasteiger partial charge in [0.1, 0.15) is 0 Å². The topological polar surface area (TPSA) is 59.1 Å². The number of fused-ring (bicyclic) bond motifs is 3.